The summed E-state index contributed by atoms with van der Waals surface area (Å²) in [6.45, 7) is 3.04. The van der Waals surface area contributed by atoms with Crippen LogP contribution in [0.1, 0.15) is 38.0 Å². The molecular weight excluding hydrogens is 322 g/mol. The van der Waals surface area contributed by atoms with E-state index in [1.807, 2.05) is 23.9 Å². The number of thioether (sulfide) groups is 1. The monoisotopic (exact) mass is 347 g/mol. The molecule has 0 saturated carbocycles. The molecule has 130 valence electrons. The van der Waals surface area contributed by atoms with E-state index < -0.39 is 0 Å². The van der Waals surface area contributed by atoms with E-state index in [1.165, 1.54) is 12.2 Å². The lowest BCUT2D eigenvalue weighted by Crippen LogP contribution is -2.47. The van der Waals surface area contributed by atoms with Gasteiger partial charge in [-0.25, -0.2) is 0 Å². The fourth-order valence-corrected chi connectivity index (χ4v) is 5.28. The Hall–Kier alpha value is -1.17. The van der Waals surface area contributed by atoms with E-state index in [2.05, 4.69) is 24.4 Å². The van der Waals surface area contributed by atoms with Crippen molar-refractivity contribution in [3.05, 3.63) is 30.0 Å². The minimum Gasteiger partial charge on any atom is -0.493 e. The highest BCUT2D eigenvalue weighted by atomic mass is 32.2. The zero-order valence-electron chi connectivity index (χ0n) is 14.3. The molecule has 2 aliphatic rings. The average Bonchev–Trinajstić information content (AvgIpc) is 3.21. The largest absolute Gasteiger partial charge is 0.493 e. The van der Waals surface area contributed by atoms with Gasteiger partial charge in [0.15, 0.2) is 11.3 Å². The minimum absolute atomic E-state index is 0.109. The maximum atomic E-state index is 6.12. The summed E-state index contributed by atoms with van der Waals surface area (Å²) in [5.41, 5.74) is 0.941. The van der Waals surface area contributed by atoms with Crippen LogP contribution in [0.4, 0.5) is 0 Å². The minimum atomic E-state index is 0.109. The summed E-state index contributed by atoms with van der Waals surface area (Å²) < 4.78 is 17.6. The number of furan rings is 1. The Labute approximate surface area is 147 Å². The van der Waals surface area contributed by atoms with E-state index in [4.69, 9.17) is 13.9 Å². The molecule has 3 heterocycles. The molecule has 3 atom stereocenters. The van der Waals surface area contributed by atoms with Crippen molar-refractivity contribution in [3.63, 3.8) is 0 Å². The first kappa shape index (κ1) is 16.3. The fraction of sp³-hybridized carbons (Fsp3) is 0.579. The van der Waals surface area contributed by atoms with Gasteiger partial charge in [-0.2, -0.15) is 11.8 Å². The van der Waals surface area contributed by atoms with Gasteiger partial charge in [-0.15, -0.1) is 0 Å². The van der Waals surface area contributed by atoms with Crippen molar-refractivity contribution in [1.29, 1.82) is 0 Å². The van der Waals surface area contributed by atoms with Crippen LogP contribution in [0, 0.1) is 0 Å². The molecule has 0 amide bonds. The smallest absolute Gasteiger partial charge is 0.176 e. The number of hydrogen-bond acceptors (Lipinski definition) is 5. The van der Waals surface area contributed by atoms with E-state index in [0.717, 1.165) is 47.7 Å². The molecule has 1 aromatic heterocycles. The first-order valence-corrected chi connectivity index (χ1v) is 9.89. The van der Waals surface area contributed by atoms with Gasteiger partial charge in [0.05, 0.1) is 18.8 Å². The molecule has 5 heteroatoms. The summed E-state index contributed by atoms with van der Waals surface area (Å²) in [4.78, 5) is 0. The SMILES string of the molecule is COc1cccc2cc([C@H](C)N[C@H]3CCO[C@]4(CCSC4)C3)oc12. The van der Waals surface area contributed by atoms with Crippen LogP contribution in [0.3, 0.4) is 0 Å². The van der Waals surface area contributed by atoms with Gasteiger partial charge in [-0.05, 0) is 44.1 Å². The summed E-state index contributed by atoms with van der Waals surface area (Å²) in [6, 6.07) is 8.79. The molecule has 2 saturated heterocycles. The molecule has 1 spiro atoms. The Balaban J connectivity index is 1.48. The van der Waals surface area contributed by atoms with Crippen molar-refractivity contribution < 1.29 is 13.9 Å². The third-order valence-electron chi connectivity index (χ3n) is 5.22. The van der Waals surface area contributed by atoms with E-state index in [1.54, 1.807) is 7.11 Å². The van der Waals surface area contributed by atoms with Crippen LogP contribution in [0.15, 0.2) is 28.7 Å². The first-order valence-electron chi connectivity index (χ1n) is 8.73. The quantitative estimate of drug-likeness (QED) is 0.900. The molecule has 0 aliphatic carbocycles. The van der Waals surface area contributed by atoms with Crippen molar-refractivity contribution in [2.45, 2.75) is 43.9 Å². The number of methoxy groups -OCH3 is 1. The number of nitrogens with one attached hydrogen (secondary N) is 1. The number of rotatable bonds is 4. The fourth-order valence-electron chi connectivity index (χ4n) is 3.90. The van der Waals surface area contributed by atoms with Gasteiger partial charge in [0.1, 0.15) is 5.76 Å². The highest BCUT2D eigenvalue weighted by molar-refractivity contribution is 7.99. The Morgan fingerprint density at radius 1 is 1.42 bits per heavy atom. The normalized spacial score (nSPS) is 28.5. The summed E-state index contributed by atoms with van der Waals surface area (Å²) in [6.07, 6.45) is 3.36. The third kappa shape index (κ3) is 3.05. The van der Waals surface area contributed by atoms with Crippen LogP contribution >= 0.6 is 11.8 Å². The van der Waals surface area contributed by atoms with Crippen molar-refractivity contribution in [3.8, 4) is 5.75 Å². The zero-order chi connectivity index (χ0) is 16.6. The molecule has 24 heavy (non-hydrogen) atoms. The van der Waals surface area contributed by atoms with Gasteiger partial charge in [0, 0.05) is 23.8 Å². The Morgan fingerprint density at radius 3 is 3.12 bits per heavy atom. The van der Waals surface area contributed by atoms with Gasteiger partial charge < -0.3 is 19.2 Å². The van der Waals surface area contributed by atoms with Gasteiger partial charge in [-0.3, -0.25) is 0 Å². The Morgan fingerprint density at radius 2 is 2.33 bits per heavy atom. The number of hydrogen-bond donors (Lipinski definition) is 1. The molecule has 0 unspecified atom stereocenters. The van der Waals surface area contributed by atoms with Crippen molar-refractivity contribution in [2.75, 3.05) is 25.2 Å². The molecule has 4 nitrogen and oxygen atoms in total. The number of fused-ring (bicyclic) bond motifs is 1. The van der Waals surface area contributed by atoms with Crippen LogP contribution < -0.4 is 10.1 Å². The van der Waals surface area contributed by atoms with Crippen molar-refractivity contribution in [2.24, 2.45) is 0 Å². The van der Waals surface area contributed by atoms with Gasteiger partial charge in [0.25, 0.3) is 0 Å². The maximum absolute atomic E-state index is 6.12. The van der Waals surface area contributed by atoms with Crippen molar-refractivity contribution in [1.82, 2.24) is 5.32 Å². The summed E-state index contributed by atoms with van der Waals surface area (Å²) in [5.74, 6) is 4.13. The van der Waals surface area contributed by atoms with Crippen LogP contribution in [0.5, 0.6) is 5.75 Å². The molecule has 4 rings (SSSR count). The predicted octanol–water partition coefficient (Wildman–Crippen LogP) is 4.15. The number of para-hydroxylation sites is 1. The molecule has 2 aliphatic heterocycles. The molecule has 0 radical (unpaired) electrons. The van der Waals surface area contributed by atoms with E-state index >= 15 is 0 Å². The summed E-state index contributed by atoms with van der Waals surface area (Å²) in [5, 5.41) is 4.85. The summed E-state index contributed by atoms with van der Waals surface area (Å²) >= 11 is 2.02. The molecular formula is C19H25NO3S. The number of ether oxygens (including phenoxy) is 2. The molecule has 1 N–H and O–H groups in total. The molecule has 1 aromatic carbocycles. The van der Waals surface area contributed by atoms with E-state index in [-0.39, 0.29) is 11.6 Å². The highest BCUT2D eigenvalue weighted by Crippen LogP contribution is 2.39. The second-order valence-corrected chi connectivity index (χ2v) is 8.04. The van der Waals surface area contributed by atoms with Crippen LogP contribution in [-0.2, 0) is 4.74 Å². The van der Waals surface area contributed by atoms with Crippen LogP contribution in [-0.4, -0.2) is 36.9 Å². The van der Waals surface area contributed by atoms with Crippen molar-refractivity contribution >= 4 is 22.7 Å². The highest BCUT2D eigenvalue weighted by Gasteiger charge is 2.40. The second-order valence-electron chi connectivity index (χ2n) is 6.94. The zero-order valence-corrected chi connectivity index (χ0v) is 15.2. The second kappa shape index (κ2) is 6.62. The summed E-state index contributed by atoms with van der Waals surface area (Å²) in [7, 11) is 1.68. The topological polar surface area (TPSA) is 43.6 Å². The standard InChI is InChI=1S/C19H25NO3S/c1-13(17-10-14-4-3-5-16(21-2)18(14)23-17)20-15-6-8-22-19(11-15)7-9-24-12-19/h3-5,10,13,15,20H,6-9,11-12H2,1-2H3/t13-,15-,19+/m0/s1. The maximum Gasteiger partial charge on any atom is 0.176 e. The lowest BCUT2D eigenvalue weighted by atomic mass is 9.89. The van der Waals surface area contributed by atoms with Gasteiger partial charge in [0.2, 0.25) is 0 Å². The Kier molecular flexibility index (Phi) is 4.50. The average molecular weight is 347 g/mol. The van der Waals surface area contributed by atoms with Crippen LogP contribution in [0.2, 0.25) is 0 Å². The van der Waals surface area contributed by atoms with Gasteiger partial charge >= 0.3 is 0 Å². The van der Waals surface area contributed by atoms with Gasteiger partial charge in [-0.1, -0.05) is 12.1 Å². The molecule has 2 aromatic rings. The Bertz CT molecular complexity index is 708. The third-order valence-corrected chi connectivity index (χ3v) is 6.44. The molecule has 0 bridgehead atoms. The number of benzene rings is 1. The first-order chi connectivity index (χ1) is 11.7. The van der Waals surface area contributed by atoms with Crippen LogP contribution in [0.25, 0.3) is 11.0 Å². The van der Waals surface area contributed by atoms with E-state index in [9.17, 15) is 0 Å². The van der Waals surface area contributed by atoms with E-state index in [0.29, 0.717) is 6.04 Å². The molecule has 2 fully saturated rings. The lowest BCUT2D eigenvalue weighted by Gasteiger charge is -2.39. The predicted molar refractivity (Wildman–Crippen MR) is 98.0 cm³/mol. The lowest BCUT2D eigenvalue weighted by molar-refractivity contribution is -0.0714.